The molecule has 0 spiro atoms. The van der Waals surface area contributed by atoms with Gasteiger partial charge >= 0.3 is 0 Å². The summed E-state index contributed by atoms with van der Waals surface area (Å²) < 4.78 is 10.4. The van der Waals surface area contributed by atoms with Crippen molar-refractivity contribution < 1.29 is 9.26 Å². The number of aromatic nitrogens is 2. The van der Waals surface area contributed by atoms with Crippen molar-refractivity contribution in [2.75, 3.05) is 13.2 Å². The summed E-state index contributed by atoms with van der Waals surface area (Å²) in [5.74, 6) is 1.20. The van der Waals surface area contributed by atoms with E-state index < -0.39 is 0 Å². The van der Waals surface area contributed by atoms with Crippen LogP contribution in [0.4, 0.5) is 0 Å². The molecule has 0 aliphatic rings. The second kappa shape index (κ2) is 7.63. The van der Waals surface area contributed by atoms with Crippen molar-refractivity contribution >= 4 is 11.6 Å². The van der Waals surface area contributed by atoms with Gasteiger partial charge < -0.3 is 9.26 Å². The molecule has 1 aromatic rings. The lowest BCUT2D eigenvalue weighted by Gasteiger charge is -2.00. The van der Waals surface area contributed by atoms with Crippen LogP contribution in [0.25, 0.3) is 0 Å². The maximum atomic E-state index is 6.09. The Kier molecular flexibility index (Phi) is 6.42. The molecule has 1 heterocycles. The highest BCUT2D eigenvalue weighted by Gasteiger charge is 2.14. The van der Waals surface area contributed by atoms with Gasteiger partial charge in [0.05, 0.1) is 18.4 Å². The summed E-state index contributed by atoms with van der Waals surface area (Å²) in [6.45, 7) is 5.55. The van der Waals surface area contributed by atoms with Crippen LogP contribution in [0.5, 0.6) is 0 Å². The van der Waals surface area contributed by atoms with Crippen LogP contribution in [-0.2, 0) is 11.2 Å². The van der Waals surface area contributed by atoms with Gasteiger partial charge in [-0.3, -0.25) is 0 Å². The van der Waals surface area contributed by atoms with Crippen molar-refractivity contribution in [3.05, 3.63) is 11.7 Å². The minimum atomic E-state index is -0.140. The quantitative estimate of drug-likeness (QED) is 0.522. The molecule has 0 fully saturated rings. The number of nitrogens with zero attached hydrogens (tertiary/aromatic N) is 2. The van der Waals surface area contributed by atoms with Crippen LogP contribution in [0.3, 0.4) is 0 Å². The van der Waals surface area contributed by atoms with Crippen molar-refractivity contribution in [3.63, 3.8) is 0 Å². The van der Waals surface area contributed by atoms with E-state index in [4.69, 9.17) is 20.9 Å². The van der Waals surface area contributed by atoms with E-state index in [-0.39, 0.29) is 5.38 Å². The summed E-state index contributed by atoms with van der Waals surface area (Å²) in [6.07, 6.45) is 3.56. The number of alkyl halides is 1. The van der Waals surface area contributed by atoms with Crippen LogP contribution in [0.2, 0.25) is 0 Å². The first-order chi connectivity index (χ1) is 7.77. The first-order valence-corrected chi connectivity index (χ1v) is 6.25. The normalized spacial score (nSPS) is 12.9. The maximum Gasteiger partial charge on any atom is 0.229 e. The monoisotopic (exact) mass is 246 g/mol. The molecule has 5 heteroatoms. The summed E-state index contributed by atoms with van der Waals surface area (Å²) in [5, 5.41) is 3.72. The van der Waals surface area contributed by atoms with Crippen molar-refractivity contribution in [1.29, 1.82) is 0 Å². The lowest BCUT2D eigenvalue weighted by atomic mass is 10.2. The Morgan fingerprint density at radius 1 is 1.31 bits per heavy atom. The predicted octanol–water partition coefficient (Wildman–Crippen LogP) is 3.12. The Labute approximate surface area is 101 Å². The molecule has 1 aromatic heterocycles. The van der Waals surface area contributed by atoms with Gasteiger partial charge in [-0.05, 0) is 12.8 Å². The third-order valence-electron chi connectivity index (χ3n) is 2.11. The van der Waals surface area contributed by atoms with Gasteiger partial charge in [0.2, 0.25) is 5.89 Å². The number of hydrogen-bond acceptors (Lipinski definition) is 4. The van der Waals surface area contributed by atoms with Crippen molar-refractivity contribution in [1.82, 2.24) is 10.1 Å². The maximum absolute atomic E-state index is 6.09. The Hall–Kier alpha value is -0.610. The zero-order valence-electron chi connectivity index (χ0n) is 9.91. The molecule has 0 aliphatic carbocycles. The number of rotatable bonds is 8. The third kappa shape index (κ3) is 4.49. The van der Waals surface area contributed by atoms with Crippen LogP contribution >= 0.6 is 11.6 Å². The van der Waals surface area contributed by atoms with Crippen LogP contribution in [0.1, 0.15) is 50.2 Å². The molecule has 1 rings (SSSR count). The summed E-state index contributed by atoms with van der Waals surface area (Å²) in [4.78, 5) is 4.24. The van der Waals surface area contributed by atoms with Crippen LogP contribution in [0.15, 0.2) is 4.52 Å². The van der Waals surface area contributed by atoms with Gasteiger partial charge in [0.25, 0.3) is 0 Å². The van der Waals surface area contributed by atoms with Gasteiger partial charge in [-0.1, -0.05) is 25.4 Å². The molecule has 0 aliphatic heterocycles. The fourth-order valence-corrected chi connectivity index (χ4v) is 1.59. The van der Waals surface area contributed by atoms with Gasteiger partial charge in [0.15, 0.2) is 5.82 Å². The molecule has 1 atom stereocenters. The second-order valence-electron chi connectivity index (χ2n) is 3.66. The summed E-state index contributed by atoms with van der Waals surface area (Å²) in [7, 11) is 0. The zero-order chi connectivity index (χ0) is 11.8. The fraction of sp³-hybridized carbons (Fsp3) is 0.818. The van der Waals surface area contributed by atoms with Gasteiger partial charge in [-0.25, -0.2) is 0 Å². The van der Waals surface area contributed by atoms with Crippen LogP contribution in [-0.4, -0.2) is 23.4 Å². The van der Waals surface area contributed by atoms with Crippen LogP contribution in [0, 0.1) is 0 Å². The third-order valence-corrected chi connectivity index (χ3v) is 2.53. The van der Waals surface area contributed by atoms with Crippen molar-refractivity contribution in [2.45, 2.75) is 44.9 Å². The Balaban J connectivity index is 2.33. The Bertz CT molecular complexity index is 291. The molecular formula is C11H19ClN2O2. The van der Waals surface area contributed by atoms with E-state index in [0.29, 0.717) is 24.7 Å². The highest BCUT2D eigenvalue weighted by Crippen LogP contribution is 2.22. The molecule has 0 radical (unpaired) electrons. The Morgan fingerprint density at radius 2 is 2.12 bits per heavy atom. The minimum absolute atomic E-state index is 0.140. The lowest BCUT2D eigenvalue weighted by Crippen LogP contribution is -2.00. The average molecular weight is 247 g/mol. The predicted molar refractivity (Wildman–Crippen MR) is 62.6 cm³/mol. The highest BCUT2D eigenvalue weighted by molar-refractivity contribution is 6.20. The summed E-state index contributed by atoms with van der Waals surface area (Å²) in [5.41, 5.74) is 0. The largest absolute Gasteiger partial charge is 0.381 e. The lowest BCUT2D eigenvalue weighted by molar-refractivity contribution is 0.132. The molecule has 0 aromatic carbocycles. The number of hydrogen-bond donors (Lipinski definition) is 0. The molecule has 92 valence electrons. The molecule has 0 saturated heterocycles. The van der Waals surface area contributed by atoms with E-state index >= 15 is 0 Å². The smallest absolute Gasteiger partial charge is 0.229 e. The molecule has 0 bridgehead atoms. The van der Waals surface area contributed by atoms with E-state index in [1.165, 1.54) is 0 Å². The summed E-state index contributed by atoms with van der Waals surface area (Å²) >= 11 is 6.09. The van der Waals surface area contributed by atoms with Gasteiger partial charge in [-0.2, -0.15) is 4.98 Å². The van der Waals surface area contributed by atoms with Gasteiger partial charge in [0.1, 0.15) is 0 Å². The van der Waals surface area contributed by atoms with Crippen LogP contribution < -0.4 is 0 Å². The fourth-order valence-electron chi connectivity index (χ4n) is 1.29. The highest BCUT2D eigenvalue weighted by atomic mass is 35.5. The van der Waals surface area contributed by atoms with E-state index in [2.05, 4.69) is 24.0 Å². The molecular weight excluding hydrogens is 228 g/mol. The second-order valence-corrected chi connectivity index (χ2v) is 4.19. The molecule has 1 unspecified atom stereocenters. The van der Waals surface area contributed by atoms with Crippen molar-refractivity contribution in [3.8, 4) is 0 Å². The average Bonchev–Trinajstić information content (AvgIpc) is 2.73. The molecule has 4 nitrogen and oxygen atoms in total. The minimum Gasteiger partial charge on any atom is -0.381 e. The molecule has 0 N–H and O–H groups in total. The van der Waals surface area contributed by atoms with Crippen molar-refractivity contribution in [2.24, 2.45) is 0 Å². The topological polar surface area (TPSA) is 48.2 Å². The van der Waals surface area contributed by atoms with E-state index in [9.17, 15) is 0 Å². The number of halogens is 1. The van der Waals surface area contributed by atoms with Gasteiger partial charge in [0, 0.05) is 6.61 Å². The first-order valence-electron chi connectivity index (χ1n) is 5.82. The molecule has 16 heavy (non-hydrogen) atoms. The number of ether oxygens (including phenoxy) is 1. The van der Waals surface area contributed by atoms with Gasteiger partial charge in [-0.15, -0.1) is 11.6 Å². The standard InChI is InChI=1S/C11H19ClN2O2/c1-3-5-9(12)11-13-10(16-14-11)6-8-15-7-4-2/h9H,3-8H2,1-2H3. The molecule has 0 saturated carbocycles. The van der Waals surface area contributed by atoms with E-state index in [1.54, 1.807) is 0 Å². The summed E-state index contributed by atoms with van der Waals surface area (Å²) in [6, 6.07) is 0. The zero-order valence-corrected chi connectivity index (χ0v) is 10.7. The van der Waals surface area contributed by atoms with E-state index in [1.807, 2.05) is 0 Å². The molecule has 0 amide bonds. The first kappa shape index (κ1) is 13.5. The van der Waals surface area contributed by atoms with E-state index in [0.717, 1.165) is 25.9 Å². The SMILES string of the molecule is CCCOCCc1nc(C(Cl)CCC)no1. The Morgan fingerprint density at radius 3 is 2.81 bits per heavy atom.